The highest BCUT2D eigenvalue weighted by atomic mass is 32.1. The van der Waals surface area contributed by atoms with Crippen molar-refractivity contribution in [2.24, 2.45) is 0 Å². The molecule has 3 aromatic heterocycles. The number of nitrogens with one attached hydrogen (secondary N) is 2. The van der Waals surface area contributed by atoms with Crippen LogP contribution in [0.15, 0.2) is 24.5 Å². The molecule has 0 bridgehead atoms. The van der Waals surface area contributed by atoms with E-state index in [9.17, 15) is 9.18 Å². The molecule has 3 aromatic rings. The van der Waals surface area contributed by atoms with Gasteiger partial charge in [0.25, 0.3) is 5.91 Å². The molecule has 0 aliphatic carbocycles. The predicted molar refractivity (Wildman–Crippen MR) is 107 cm³/mol. The quantitative estimate of drug-likeness (QED) is 0.685. The van der Waals surface area contributed by atoms with Crippen LogP contribution in [0.4, 0.5) is 10.3 Å². The zero-order chi connectivity index (χ0) is 19.8. The molecule has 1 unspecified atom stereocenters. The van der Waals surface area contributed by atoms with Crippen LogP contribution in [0.2, 0.25) is 0 Å². The van der Waals surface area contributed by atoms with Crippen molar-refractivity contribution in [1.82, 2.24) is 25.2 Å². The second-order valence-electron chi connectivity index (χ2n) is 6.97. The highest BCUT2D eigenvalue weighted by Crippen LogP contribution is 2.29. The number of thiophene rings is 1. The van der Waals surface area contributed by atoms with Crippen molar-refractivity contribution in [3.8, 4) is 0 Å². The Morgan fingerprint density at radius 3 is 2.82 bits per heavy atom. The molecule has 1 atom stereocenters. The SMILES string of the molecule is CNC1CN(C(=O)c2nc(NC(C)c3cncc(F)c3)nc3cc(C)sc23)C1. The number of fused-ring (bicyclic) bond motifs is 1. The summed E-state index contributed by atoms with van der Waals surface area (Å²) in [6.45, 7) is 5.19. The number of likely N-dealkylation sites (tertiary alicyclic amines) is 1. The fraction of sp³-hybridized carbons (Fsp3) is 0.368. The maximum atomic E-state index is 13.5. The number of carbonyl (C=O) groups is 1. The van der Waals surface area contributed by atoms with Crippen LogP contribution < -0.4 is 10.6 Å². The van der Waals surface area contributed by atoms with Crippen LogP contribution in [0.3, 0.4) is 0 Å². The van der Waals surface area contributed by atoms with Crippen molar-refractivity contribution in [3.63, 3.8) is 0 Å². The fourth-order valence-electron chi connectivity index (χ4n) is 3.18. The highest BCUT2D eigenvalue weighted by molar-refractivity contribution is 7.19. The molecule has 1 amide bonds. The molecule has 146 valence electrons. The van der Waals surface area contributed by atoms with E-state index in [0.717, 1.165) is 21.3 Å². The third kappa shape index (κ3) is 3.55. The van der Waals surface area contributed by atoms with Gasteiger partial charge in [0.05, 0.1) is 22.5 Å². The normalized spacial score (nSPS) is 15.5. The molecule has 0 radical (unpaired) electrons. The van der Waals surface area contributed by atoms with Gasteiger partial charge in [-0.25, -0.2) is 14.4 Å². The van der Waals surface area contributed by atoms with Crippen LogP contribution >= 0.6 is 11.3 Å². The number of hydrogen-bond acceptors (Lipinski definition) is 7. The number of aromatic nitrogens is 3. The van der Waals surface area contributed by atoms with Gasteiger partial charge in [-0.15, -0.1) is 11.3 Å². The third-order valence-electron chi connectivity index (χ3n) is 4.85. The summed E-state index contributed by atoms with van der Waals surface area (Å²) < 4.78 is 14.3. The number of likely N-dealkylation sites (N-methyl/N-ethyl adjacent to an activating group) is 1. The number of anilines is 1. The number of halogens is 1. The number of amides is 1. The molecule has 0 spiro atoms. The lowest BCUT2D eigenvalue weighted by atomic mass is 10.1. The minimum Gasteiger partial charge on any atom is -0.348 e. The van der Waals surface area contributed by atoms with Crippen LogP contribution in [0.5, 0.6) is 0 Å². The minimum absolute atomic E-state index is 0.0936. The molecule has 4 rings (SSSR count). The summed E-state index contributed by atoms with van der Waals surface area (Å²) in [6, 6.07) is 3.43. The molecular weight excluding hydrogens is 379 g/mol. The number of aryl methyl sites for hydroxylation is 1. The van der Waals surface area contributed by atoms with E-state index in [1.54, 1.807) is 11.1 Å². The van der Waals surface area contributed by atoms with Gasteiger partial charge in [-0.05, 0) is 38.6 Å². The Kier molecular flexibility index (Phi) is 4.94. The molecule has 1 aliphatic heterocycles. The van der Waals surface area contributed by atoms with Crippen LogP contribution in [-0.4, -0.2) is 51.9 Å². The lowest BCUT2D eigenvalue weighted by molar-refractivity contribution is 0.0573. The van der Waals surface area contributed by atoms with Crippen LogP contribution in [-0.2, 0) is 0 Å². The molecular formula is C19H21FN6OS. The maximum Gasteiger partial charge on any atom is 0.274 e. The van der Waals surface area contributed by atoms with Gasteiger partial charge < -0.3 is 15.5 Å². The zero-order valence-electron chi connectivity index (χ0n) is 15.9. The molecule has 9 heteroatoms. The van der Waals surface area contributed by atoms with E-state index in [1.165, 1.54) is 17.4 Å². The fourth-order valence-corrected chi connectivity index (χ4v) is 4.11. The molecule has 0 saturated carbocycles. The van der Waals surface area contributed by atoms with Gasteiger partial charge in [-0.1, -0.05) is 0 Å². The van der Waals surface area contributed by atoms with Gasteiger partial charge in [0.15, 0.2) is 5.69 Å². The van der Waals surface area contributed by atoms with Crippen molar-refractivity contribution in [2.45, 2.75) is 25.9 Å². The molecule has 1 fully saturated rings. The monoisotopic (exact) mass is 400 g/mol. The first-order valence-corrected chi connectivity index (χ1v) is 9.88. The van der Waals surface area contributed by atoms with Crippen molar-refractivity contribution in [2.75, 3.05) is 25.5 Å². The lowest BCUT2D eigenvalue weighted by Gasteiger charge is -2.38. The van der Waals surface area contributed by atoms with Crippen LogP contribution in [0.25, 0.3) is 10.2 Å². The van der Waals surface area contributed by atoms with E-state index in [-0.39, 0.29) is 11.9 Å². The summed E-state index contributed by atoms with van der Waals surface area (Å²) >= 11 is 1.52. The molecule has 2 N–H and O–H groups in total. The Morgan fingerprint density at radius 2 is 2.11 bits per heavy atom. The maximum absolute atomic E-state index is 13.5. The Morgan fingerprint density at radius 1 is 1.32 bits per heavy atom. The largest absolute Gasteiger partial charge is 0.348 e. The molecule has 1 saturated heterocycles. The summed E-state index contributed by atoms with van der Waals surface area (Å²) in [4.78, 5) is 28.8. The summed E-state index contributed by atoms with van der Waals surface area (Å²) in [6.07, 6.45) is 2.76. The average Bonchev–Trinajstić information content (AvgIpc) is 3.00. The van der Waals surface area contributed by atoms with Gasteiger partial charge in [-0.3, -0.25) is 9.78 Å². The standard InChI is InChI=1S/C19H21FN6OS/c1-10-4-15-17(28-10)16(18(27)26-8-14(9-26)21-3)25-19(24-15)23-11(2)12-5-13(20)7-22-6-12/h4-7,11,14,21H,8-9H2,1-3H3,(H,23,24,25). The first-order valence-electron chi connectivity index (χ1n) is 9.06. The van der Waals surface area contributed by atoms with Crippen molar-refractivity contribution >= 4 is 33.4 Å². The summed E-state index contributed by atoms with van der Waals surface area (Å²) in [5.41, 5.74) is 1.82. The number of pyridine rings is 1. The van der Waals surface area contributed by atoms with Gasteiger partial charge in [0, 0.05) is 30.2 Å². The smallest absolute Gasteiger partial charge is 0.274 e. The number of nitrogens with zero attached hydrogens (tertiary/aromatic N) is 4. The zero-order valence-corrected chi connectivity index (χ0v) is 16.7. The summed E-state index contributed by atoms with van der Waals surface area (Å²) in [5, 5.41) is 6.34. The average molecular weight is 400 g/mol. The first kappa shape index (κ1) is 18.7. The second kappa shape index (κ2) is 7.40. The van der Waals surface area contributed by atoms with Gasteiger partial charge in [-0.2, -0.15) is 0 Å². The number of rotatable bonds is 5. The Balaban J connectivity index is 1.65. The van der Waals surface area contributed by atoms with E-state index in [2.05, 4.69) is 25.6 Å². The van der Waals surface area contributed by atoms with Crippen LogP contribution in [0, 0.1) is 12.7 Å². The van der Waals surface area contributed by atoms with Crippen molar-refractivity contribution in [3.05, 3.63) is 46.5 Å². The van der Waals surface area contributed by atoms with Gasteiger partial charge in [0.1, 0.15) is 5.82 Å². The van der Waals surface area contributed by atoms with Crippen molar-refractivity contribution in [1.29, 1.82) is 0 Å². The second-order valence-corrected chi connectivity index (χ2v) is 8.22. The van der Waals surface area contributed by atoms with E-state index in [0.29, 0.717) is 36.3 Å². The minimum atomic E-state index is -0.399. The van der Waals surface area contributed by atoms with E-state index in [4.69, 9.17) is 0 Å². The lowest BCUT2D eigenvalue weighted by Crippen LogP contribution is -2.59. The molecule has 7 nitrogen and oxygen atoms in total. The van der Waals surface area contributed by atoms with E-state index >= 15 is 0 Å². The van der Waals surface area contributed by atoms with E-state index in [1.807, 2.05) is 27.0 Å². The van der Waals surface area contributed by atoms with Crippen LogP contribution in [0.1, 0.15) is 33.9 Å². The first-order chi connectivity index (χ1) is 13.4. The Hall–Kier alpha value is -2.65. The topological polar surface area (TPSA) is 83.0 Å². The molecule has 4 heterocycles. The molecule has 0 aromatic carbocycles. The van der Waals surface area contributed by atoms with E-state index < -0.39 is 5.82 Å². The predicted octanol–water partition coefficient (Wildman–Crippen LogP) is 2.75. The highest BCUT2D eigenvalue weighted by Gasteiger charge is 2.32. The van der Waals surface area contributed by atoms with Crippen molar-refractivity contribution < 1.29 is 9.18 Å². The Labute approximate surface area is 166 Å². The Bertz CT molecular complexity index is 1030. The van der Waals surface area contributed by atoms with Gasteiger partial charge >= 0.3 is 0 Å². The number of carbonyl (C=O) groups excluding carboxylic acids is 1. The number of hydrogen-bond donors (Lipinski definition) is 2. The summed E-state index contributed by atoms with van der Waals surface area (Å²) in [5.74, 6) is -0.149. The van der Waals surface area contributed by atoms with Gasteiger partial charge in [0.2, 0.25) is 5.95 Å². The third-order valence-corrected chi connectivity index (χ3v) is 5.89. The summed E-state index contributed by atoms with van der Waals surface area (Å²) in [7, 11) is 1.89. The molecule has 1 aliphatic rings. The molecule has 28 heavy (non-hydrogen) atoms.